The summed E-state index contributed by atoms with van der Waals surface area (Å²) in [6.45, 7) is 7.59. The molecule has 1 aromatic rings. The number of nitrogens with one attached hydrogen (secondary N) is 1. The molecule has 1 amide bonds. The van der Waals surface area contributed by atoms with E-state index in [1.807, 2.05) is 13.8 Å². The smallest absolute Gasteiger partial charge is 0.270 e. The summed E-state index contributed by atoms with van der Waals surface area (Å²) in [7, 11) is 0. The molecule has 1 fully saturated rings. The van der Waals surface area contributed by atoms with E-state index in [-0.39, 0.29) is 28.7 Å². The van der Waals surface area contributed by atoms with E-state index in [0.29, 0.717) is 12.3 Å². The Kier molecular flexibility index (Phi) is 6.14. The van der Waals surface area contributed by atoms with Gasteiger partial charge in [-0.1, -0.05) is 0 Å². The van der Waals surface area contributed by atoms with Crippen molar-refractivity contribution in [3.05, 3.63) is 33.9 Å². The van der Waals surface area contributed by atoms with Gasteiger partial charge in [0.2, 0.25) is 5.91 Å². The van der Waals surface area contributed by atoms with Crippen molar-refractivity contribution in [2.45, 2.75) is 52.3 Å². The van der Waals surface area contributed by atoms with Crippen molar-refractivity contribution < 1.29 is 14.5 Å². The number of benzene rings is 1. The first kappa shape index (κ1) is 18.2. The first-order chi connectivity index (χ1) is 11.3. The van der Waals surface area contributed by atoms with Crippen LogP contribution in [0.4, 0.5) is 5.69 Å². The monoisotopic (exact) mass is 335 g/mol. The fourth-order valence-electron chi connectivity index (χ4n) is 3.02. The maximum atomic E-state index is 11.2. The van der Waals surface area contributed by atoms with Gasteiger partial charge >= 0.3 is 0 Å². The molecule has 0 bridgehead atoms. The Balaban J connectivity index is 2.15. The predicted molar refractivity (Wildman–Crippen MR) is 91.0 cm³/mol. The van der Waals surface area contributed by atoms with E-state index >= 15 is 0 Å². The molecule has 1 unspecified atom stereocenters. The van der Waals surface area contributed by atoms with Crippen molar-refractivity contribution in [2.75, 3.05) is 13.1 Å². The topological polar surface area (TPSA) is 84.7 Å². The van der Waals surface area contributed by atoms with Crippen LogP contribution in [-0.4, -0.2) is 41.0 Å². The summed E-state index contributed by atoms with van der Waals surface area (Å²) < 4.78 is 5.79. The molecule has 7 heteroatoms. The van der Waals surface area contributed by atoms with Crippen molar-refractivity contribution in [1.29, 1.82) is 0 Å². The summed E-state index contributed by atoms with van der Waals surface area (Å²) in [5, 5.41) is 14.0. The van der Waals surface area contributed by atoms with Crippen molar-refractivity contribution >= 4 is 11.6 Å². The van der Waals surface area contributed by atoms with Crippen LogP contribution >= 0.6 is 0 Å². The lowest BCUT2D eigenvalue weighted by atomic mass is 10.0. The van der Waals surface area contributed by atoms with Crippen LogP contribution < -0.4 is 10.1 Å². The maximum Gasteiger partial charge on any atom is 0.270 e. The van der Waals surface area contributed by atoms with Crippen LogP contribution in [0.25, 0.3) is 0 Å². The lowest BCUT2D eigenvalue weighted by Gasteiger charge is -2.33. The van der Waals surface area contributed by atoms with E-state index in [2.05, 4.69) is 10.2 Å². The lowest BCUT2D eigenvalue weighted by molar-refractivity contribution is -0.385. The normalized spacial score (nSPS) is 18.4. The van der Waals surface area contributed by atoms with Gasteiger partial charge < -0.3 is 10.1 Å². The Labute approximate surface area is 142 Å². The third-order valence-corrected chi connectivity index (χ3v) is 3.92. The number of carbonyl (C=O) groups excluding carboxylic acids is 1. The largest absolute Gasteiger partial charge is 0.491 e. The molecule has 0 aromatic heterocycles. The van der Waals surface area contributed by atoms with Crippen molar-refractivity contribution in [1.82, 2.24) is 10.2 Å². The Morgan fingerprint density at radius 3 is 2.88 bits per heavy atom. The minimum Gasteiger partial charge on any atom is -0.491 e. The van der Waals surface area contributed by atoms with Gasteiger partial charge in [-0.25, -0.2) is 0 Å². The molecular formula is C17H25N3O4. The number of amides is 1. The van der Waals surface area contributed by atoms with Gasteiger partial charge in [-0.15, -0.1) is 0 Å². The maximum absolute atomic E-state index is 11.2. The molecule has 1 saturated heterocycles. The summed E-state index contributed by atoms with van der Waals surface area (Å²) in [6, 6.07) is 4.85. The zero-order valence-corrected chi connectivity index (χ0v) is 14.4. The molecule has 0 radical (unpaired) electrons. The second-order valence-electron chi connectivity index (χ2n) is 6.49. The van der Waals surface area contributed by atoms with Gasteiger partial charge in [0.05, 0.1) is 11.0 Å². The number of ether oxygens (including phenoxy) is 1. The molecule has 1 aliphatic rings. The van der Waals surface area contributed by atoms with Crippen LogP contribution in [-0.2, 0) is 11.3 Å². The molecule has 1 atom stereocenters. The summed E-state index contributed by atoms with van der Waals surface area (Å²) >= 11 is 0. The number of piperidine rings is 1. The molecule has 132 valence electrons. The van der Waals surface area contributed by atoms with Gasteiger partial charge in [-0.05, 0) is 39.3 Å². The minimum atomic E-state index is -0.390. The fourth-order valence-corrected chi connectivity index (χ4v) is 3.02. The third-order valence-electron chi connectivity index (χ3n) is 3.92. The molecule has 1 N–H and O–H groups in total. The van der Waals surface area contributed by atoms with Crippen LogP contribution in [0.5, 0.6) is 5.75 Å². The Hall–Kier alpha value is -2.15. The number of nitrogens with zero attached hydrogens (tertiary/aromatic N) is 2. The quantitative estimate of drug-likeness (QED) is 0.638. The highest BCUT2D eigenvalue weighted by molar-refractivity contribution is 5.73. The number of hydrogen-bond donors (Lipinski definition) is 1. The fraction of sp³-hybridized carbons (Fsp3) is 0.588. The van der Waals surface area contributed by atoms with E-state index < -0.39 is 0 Å². The average Bonchev–Trinajstić information content (AvgIpc) is 2.48. The summed E-state index contributed by atoms with van der Waals surface area (Å²) in [4.78, 5) is 24.1. The molecule has 7 nitrogen and oxygen atoms in total. The van der Waals surface area contributed by atoms with E-state index in [1.165, 1.54) is 13.0 Å². The molecule has 0 saturated carbocycles. The molecule has 24 heavy (non-hydrogen) atoms. The molecule has 2 rings (SSSR count). The third kappa shape index (κ3) is 5.19. The van der Waals surface area contributed by atoms with E-state index in [9.17, 15) is 14.9 Å². The number of carbonyl (C=O) groups is 1. The lowest BCUT2D eigenvalue weighted by Crippen LogP contribution is -2.46. The number of non-ortho nitro benzene ring substituents is 1. The minimum absolute atomic E-state index is 0.00121. The Morgan fingerprint density at radius 1 is 1.50 bits per heavy atom. The molecule has 1 aromatic carbocycles. The van der Waals surface area contributed by atoms with Gasteiger partial charge in [-0.2, -0.15) is 0 Å². The summed E-state index contributed by atoms with van der Waals surface area (Å²) in [6.07, 6.45) is 1.94. The number of likely N-dealkylation sites (tertiary alicyclic amines) is 1. The molecular weight excluding hydrogens is 310 g/mol. The second-order valence-corrected chi connectivity index (χ2v) is 6.49. The van der Waals surface area contributed by atoms with Crippen molar-refractivity contribution in [2.24, 2.45) is 0 Å². The van der Waals surface area contributed by atoms with Gasteiger partial charge in [0.25, 0.3) is 5.69 Å². The summed E-state index contributed by atoms with van der Waals surface area (Å²) in [5.74, 6) is 0.651. The SMILES string of the molecule is CC(=O)NC1CCCN(Cc2cc([N+](=O)[O-])ccc2OC(C)C)C1. The van der Waals surface area contributed by atoms with E-state index in [1.54, 1.807) is 12.1 Å². The highest BCUT2D eigenvalue weighted by Crippen LogP contribution is 2.27. The second kappa shape index (κ2) is 8.10. The highest BCUT2D eigenvalue weighted by Gasteiger charge is 2.22. The van der Waals surface area contributed by atoms with Crippen LogP contribution in [0, 0.1) is 10.1 Å². The highest BCUT2D eigenvalue weighted by atomic mass is 16.6. The van der Waals surface area contributed by atoms with Gasteiger partial charge in [0, 0.05) is 43.8 Å². The number of hydrogen-bond acceptors (Lipinski definition) is 5. The van der Waals surface area contributed by atoms with Crippen LogP contribution in [0.2, 0.25) is 0 Å². The Bertz CT molecular complexity index is 603. The van der Waals surface area contributed by atoms with Crippen molar-refractivity contribution in [3.8, 4) is 5.75 Å². The zero-order chi connectivity index (χ0) is 17.7. The molecule has 0 aliphatic carbocycles. The van der Waals surface area contributed by atoms with Crippen molar-refractivity contribution in [3.63, 3.8) is 0 Å². The first-order valence-electron chi connectivity index (χ1n) is 8.28. The molecule has 1 aliphatic heterocycles. The molecule has 1 heterocycles. The van der Waals surface area contributed by atoms with Crippen LogP contribution in [0.15, 0.2) is 18.2 Å². The van der Waals surface area contributed by atoms with E-state index in [4.69, 9.17) is 4.74 Å². The standard InChI is InChI=1S/C17H25N3O4/c1-12(2)24-17-7-6-16(20(22)23)9-14(17)10-19-8-4-5-15(11-19)18-13(3)21/h6-7,9,12,15H,4-5,8,10-11H2,1-3H3,(H,18,21). The van der Waals surface area contributed by atoms with Crippen LogP contribution in [0.3, 0.4) is 0 Å². The van der Waals surface area contributed by atoms with Gasteiger partial charge in [0.1, 0.15) is 5.75 Å². The van der Waals surface area contributed by atoms with Gasteiger partial charge in [-0.3, -0.25) is 19.8 Å². The number of rotatable bonds is 6. The molecule has 0 spiro atoms. The zero-order valence-electron chi connectivity index (χ0n) is 14.4. The predicted octanol–water partition coefficient (Wildman–Crippen LogP) is 2.48. The number of nitro groups is 1. The van der Waals surface area contributed by atoms with Crippen LogP contribution in [0.1, 0.15) is 39.2 Å². The van der Waals surface area contributed by atoms with E-state index in [0.717, 1.165) is 31.5 Å². The number of nitro benzene ring substituents is 1. The summed E-state index contributed by atoms with van der Waals surface area (Å²) in [5.41, 5.74) is 0.873. The van der Waals surface area contributed by atoms with Gasteiger partial charge in [0.15, 0.2) is 0 Å². The first-order valence-corrected chi connectivity index (χ1v) is 8.28. The average molecular weight is 335 g/mol. The Morgan fingerprint density at radius 2 is 2.25 bits per heavy atom.